The molecular weight excluding hydrogens is 444 g/mol. The fourth-order valence-corrected chi connectivity index (χ4v) is 5.47. The number of nitrogens with zero attached hydrogens (tertiary/aromatic N) is 2. The van der Waals surface area contributed by atoms with Crippen LogP contribution in [0.2, 0.25) is 5.02 Å². The molecule has 0 atom stereocenters. The summed E-state index contributed by atoms with van der Waals surface area (Å²) in [4.78, 5) is 15.2. The third kappa shape index (κ3) is 4.38. The molecule has 166 valence electrons. The number of halogens is 1. The molecule has 0 saturated heterocycles. The van der Waals surface area contributed by atoms with Crippen LogP contribution in [0.5, 0.6) is 0 Å². The molecule has 7 heteroatoms. The van der Waals surface area contributed by atoms with Gasteiger partial charge >= 0.3 is 0 Å². The van der Waals surface area contributed by atoms with Gasteiger partial charge in [0.15, 0.2) is 0 Å². The highest BCUT2D eigenvalue weighted by atomic mass is 35.5. The van der Waals surface area contributed by atoms with Crippen molar-refractivity contribution < 1.29 is 13.2 Å². The number of fused-ring (bicyclic) bond motifs is 1. The van der Waals surface area contributed by atoms with Crippen LogP contribution in [0, 0.1) is 13.8 Å². The van der Waals surface area contributed by atoms with E-state index in [2.05, 4.69) is 0 Å². The van der Waals surface area contributed by atoms with Gasteiger partial charge in [0, 0.05) is 17.3 Å². The van der Waals surface area contributed by atoms with Crippen LogP contribution < -0.4 is 9.21 Å². The third-order valence-electron chi connectivity index (χ3n) is 5.74. The molecule has 1 aliphatic heterocycles. The number of anilines is 2. The van der Waals surface area contributed by atoms with Crippen molar-refractivity contribution in [3.63, 3.8) is 0 Å². The molecule has 0 spiro atoms. The van der Waals surface area contributed by atoms with E-state index in [1.807, 2.05) is 38.1 Å². The Hall–Kier alpha value is -2.83. The van der Waals surface area contributed by atoms with Gasteiger partial charge in [0.1, 0.15) is 6.54 Å². The zero-order valence-corrected chi connectivity index (χ0v) is 19.7. The van der Waals surface area contributed by atoms with E-state index in [9.17, 15) is 13.2 Å². The Labute approximate surface area is 194 Å². The van der Waals surface area contributed by atoms with E-state index in [0.29, 0.717) is 17.3 Å². The second-order valence-electron chi connectivity index (χ2n) is 8.04. The number of hydrogen-bond donors (Lipinski definition) is 0. The van der Waals surface area contributed by atoms with Crippen molar-refractivity contribution in [2.75, 3.05) is 22.3 Å². The lowest BCUT2D eigenvalue weighted by Crippen LogP contribution is -2.45. The summed E-state index contributed by atoms with van der Waals surface area (Å²) in [5, 5.41) is 0.447. The second-order valence-corrected chi connectivity index (χ2v) is 10.3. The molecule has 0 N–H and O–H groups in total. The van der Waals surface area contributed by atoms with Crippen LogP contribution in [0.3, 0.4) is 0 Å². The summed E-state index contributed by atoms with van der Waals surface area (Å²) in [5.74, 6) is -0.274. The smallest absolute Gasteiger partial charge is 0.264 e. The molecule has 0 fully saturated rings. The van der Waals surface area contributed by atoms with Crippen LogP contribution in [-0.4, -0.2) is 27.4 Å². The van der Waals surface area contributed by atoms with Crippen LogP contribution >= 0.6 is 11.6 Å². The molecule has 0 aromatic heterocycles. The van der Waals surface area contributed by atoms with Crippen molar-refractivity contribution >= 4 is 38.9 Å². The normalized spacial score (nSPS) is 13.5. The quantitative estimate of drug-likeness (QED) is 0.521. The standard InChI is InChI=1S/C25H25ClN2O3S/c1-18-9-13-22(14-10-18)32(30,31)28(21-12-11-19(2)23(26)16-21)17-25(29)27-15-5-7-20-6-3-4-8-24(20)27/h3-4,6,8-14,16H,5,7,15,17H2,1-2H3. The van der Waals surface area contributed by atoms with Gasteiger partial charge in [-0.2, -0.15) is 0 Å². The summed E-state index contributed by atoms with van der Waals surface area (Å²) in [7, 11) is -3.98. The lowest BCUT2D eigenvalue weighted by molar-refractivity contribution is -0.117. The minimum absolute atomic E-state index is 0.131. The lowest BCUT2D eigenvalue weighted by atomic mass is 10.0. The van der Waals surface area contributed by atoms with Crippen molar-refractivity contribution in [3.8, 4) is 0 Å². The molecule has 1 heterocycles. The van der Waals surface area contributed by atoms with Crippen molar-refractivity contribution in [2.45, 2.75) is 31.6 Å². The van der Waals surface area contributed by atoms with Gasteiger partial charge in [0.05, 0.1) is 10.6 Å². The van der Waals surface area contributed by atoms with E-state index in [4.69, 9.17) is 11.6 Å². The molecular formula is C25H25ClN2O3S. The topological polar surface area (TPSA) is 57.7 Å². The first-order valence-corrected chi connectivity index (χ1v) is 12.3. The molecule has 0 saturated carbocycles. The van der Waals surface area contributed by atoms with E-state index in [0.717, 1.165) is 39.5 Å². The monoisotopic (exact) mass is 468 g/mol. The van der Waals surface area contributed by atoms with Crippen LogP contribution in [-0.2, 0) is 21.2 Å². The molecule has 5 nitrogen and oxygen atoms in total. The van der Waals surface area contributed by atoms with Gasteiger partial charge in [-0.25, -0.2) is 8.42 Å². The average molecular weight is 469 g/mol. The first kappa shape index (κ1) is 22.4. The zero-order valence-electron chi connectivity index (χ0n) is 18.1. The van der Waals surface area contributed by atoms with Crippen molar-refractivity contribution in [2.24, 2.45) is 0 Å². The van der Waals surface area contributed by atoms with Gasteiger partial charge in [0.2, 0.25) is 5.91 Å². The van der Waals surface area contributed by atoms with Crippen LogP contribution in [0.15, 0.2) is 71.6 Å². The maximum absolute atomic E-state index is 13.6. The van der Waals surface area contributed by atoms with Gasteiger partial charge in [-0.1, -0.05) is 53.6 Å². The molecule has 4 rings (SSSR count). The highest BCUT2D eigenvalue weighted by Gasteiger charge is 2.31. The fraction of sp³-hybridized carbons (Fsp3) is 0.240. The van der Waals surface area contributed by atoms with Crippen molar-refractivity contribution in [1.29, 1.82) is 0 Å². The Morgan fingerprint density at radius 1 is 1.03 bits per heavy atom. The molecule has 3 aromatic rings. The van der Waals surface area contributed by atoms with Gasteiger partial charge in [-0.05, 0) is 68.1 Å². The average Bonchev–Trinajstić information content (AvgIpc) is 2.79. The van der Waals surface area contributed by atoms with Crippen LogP contribution in [0.1, 0.15) is 23.1 Å². The summed E-state index contributed by atoms with van der Waals surface area (Å²) in [6, 6.07) is 19.4. The van der Waals surface area contributed by atoms with Crippen LogP contribution in [0.4, 0.5) is 11.4 Å². The first-order chi connectivity index (χ1) is 15.3. The van der Waals surface area contributed by atoms with E-state index >= 15 is 0 Å². The molecule has 0 bridgehead atoms. The summed E-state index contributed by atoms with van der Waals surface area (Å²) in [6.45, 7) is 3.98. The minimum atomic E-state index is -3.98. The molecule has 1 amide bonds. The number of hydrogen-bond acceptors (Lipinski definition) is 3. The third-order valence-corrected chi connectivity index (χ3v) is 7.94. The number of sulfonamides is 1. The SMILES string of the molecule is Cc1ccc(S(=O)(=O)N(CC(=O)N2CCCc3ccccc32)c2ccc(C)c(Cl)c2)cc1. The number of amides is 1. The van der Waals surface area contributed by atoms with Gasteiger partial charge in [0.25, 0.3) is 10.0 Å². The van der Waals surface area contributed by atoms with E-state index < -0.39 is 10.0 Å². The largest absolute Gasteiger partial charge is 0.311 e. The molecule has 0 aliphatic carbocycles. The Bertz CT molecular complexity index is 1260. The number of para-hydroxylation sites is 1. The van der Waals surface area contributed by atoms with Gasteiger partial charge < -0.3 is 4.90 Å². The van der Waals surface area contributed by atoms with Crippen LogP contribution in [0.25, 0.3) is 0 Å². The molecule has 32 heavy (non-hydrogen) atoms. The first-order valence-electron chi connectivity index (χ1n) is 10.5. The van der Waals surface area contributed by atoms with Gasteiger partial charge in [-0.15, -0.1) is 0 Å². The Morgan fingerprint density at radius 2 is 1.75 bits per heavy atom. The predicted molar refractivity (Wildman–Crippen MR) is 129 cm³/mol. The number of benzene rings is 3. The number of aryl methyl sites for hydroxylation is 3. The van der Waals surface area contributed by atoms with E-state index in [-0.39, 0.29) is 17.3 Å². The predicted octanol–water partition coefficient (Wildman–Crippen LogP) is 5.13. The molecule has 0 radical (unpaired) electrons. The van der Waals surface area contributed by atoms with Crippen molar-refractivity contribution in [3.05, 3.63) is 88.4 Å². The second kappa shape index (κ2) is 8.96. The molecule has 1 aliphatic rings. The number of carbonyl (C=O) groups is 1. The molecule has 0 unspecified atom stereocenters. The highest BCUT2D eigenvalue weighted by molar-refractivity contribution is 7.92. The lowest BCUT2D eigenvalue weighted by Gasteiger charge is -2.32. The minimum Gasteiger partial charge on any atom is -0.311 e. The Balaban J connectivity index is 1.74. The summed E-state index contributed by atoms with van der Waals surface area (Å²) in [6.07, 6.45) is 1.74. The highest BCUT2D eigenvalue weighted by Crippen LogP contribution is 2.30. The number of carbonyl (C=O) groups excluding carboxylic acids is 1. The van der Waals surface area contributed by atoms with E-state index in [1.54, 1.807) is 47.4 Å². The maximum Gasteiger partial charge on any atom is 0.264 e. The summed E-state index contributed by atoms with van der Waals surface area (Å²) in [5.41, 5.74) is 4.09. The van der Waals surface area contributed by atoms with E-state index in [1.165, 1.54) is 0 Å². The van der Waals surface area contributed by atoms with Crippen molar-refractivity contribution in [1.82, 2.24) is 0 Å². The number of rotatable bonds is 5. The maximum atomic E-state index is 13.6. The fourth-order valence-electron chi connectivity index (χ4n) is 3.89. The Morgan fingerprint density at radius 3 is 2.47 bits per heavy atom. The Kier molecular flexibility index (Phi) is 6.26. The molecule has 3 aromatic carbocycles. The zero-order chi connectivity index (χ0) is 22.9. The van der Waals surface area contributed by atoms with Gasteiger partial charge in [-0.3, -0.25) is 9.10 Å². The summed E-state index contributed by atoms with van der Waals surface area (Å²) >= 11 is 6.31. The summed E-state index contributed by atoms with van der Waals surface area (Å²) < 4.78 is 28.4.